The Hall–Kier alpha value is -3.34. The van der Waals surface area contributed by atoms with Gasteiger partial charge in [-0.15, -0.1) is 0 Å². The molecular formula is C28H24ClNO2S. The van der Waals surface area contributed by atoms with E-state index in [1.54, 1.807) is 42.5 Å². The lowest BCUT2D eigenvalue weighted by Gasteiger charge is -2.15. The minimum absolute atomic E-state index is 0.0344. The highest BCUT2D eigenvalue weighted by Crippen LogP contribution is 2.32. The van der Waals surface area contributed by atoms with E-state index in [4.69, 9.17) is 11.6 Å². The molecule has 4 aromatic carbocycles. The van der Waals surface area contributed by atoms with Gasteiger partial charge in [-0.05, 0) is 47.9 Å². The number of anilines is 1. The Balaban J connectivity index is 1.64. The van der Waals surface area contributed by atoms with E-state index < -0.39 is 10.0 Å². The number of allylic oxidation sites excluding steroid dienone is 1. The molecule has 0 amide bonds. The van der Waals surface area contributed by atoms with E-state index in [-0.39, 0.29) is 10.8 Å². The van der Waals surface area contributed by atoms with Gasteiger partial charge in [-0.25, -0.2) is 8.42 Å². The first-order chi connectivity index (χ1) is 15.9. The average Bonchev–Trinajstić information content (AvgIpc) is 2.83. The average molecular weight is 474 g/mol. The molecule has 0 aliphatic heterocycles. The van der Waals surface area contributed by atoms with Crippen LogP contribution in [0.1, 0.15) is 28.2 Å². The summed E-state index contributed by atoms with van der Waals surface area (Å²) in [6.07, 6.45) is 2.00. The molecule has 0 aliphatic rings. The lowest BCUT2D eigenvalue weighted by Crippen LogP contribution is -2.12. The van der Waals surface area contributed by atoms with Crippen molar-refractivity contribution in [3.05, 3.63) is 138 Å². The van der Waals surface area contributed by atoms with Crippen molar-refractivity contribution in [2.45, 2.75) is 17.7 Å². The number of hydrogen-bond donors (Lipinski definition) is 1. The molecule has 0 aromatic heterocycles. The fraction of sp³-hybridized carbons (Fsp3) is 0.0714. The van der Waals surface area contributed by atoms with E-state index in [0.717, 1.165) is 22.3 Å². The zero-order valence-electron chi connectivity index (χ0n) is 18.1. The van der Waals surface area contributed by atoms with Crippen molar-refractivity contribution in [2.24, 2.45) is 0 Å². The topological polar surface area (TPSA) is 46.2 Å². The molecule has 166 valence electrons. The van der Waals surface area contributed by atoms with Gasteiger partial charge >= 0.3 is 0 Å². The van der Waals surface area contributed by atoms with Gasteiger partial charge in [-0.3, -0.25) is 4.72 Å². The third-order valence-corrected chi connectivity index (χ3v) is 7.09. The van der Waals surface area contributed by atoms with Gasteiger partial charge in [-0.2, -0.15) is 0 Å². The summed E-state index contributed by atoms with van der Waals surface area (Å²) in [5, 5.41) is 0.545. The number of sulfonamides is 1. The summed E-state index contributed by atoms with van der Waals surface area (Å²) in [5.41, 5.74) is 4.43. The third kappa shape index (κ3) is 5.72. The quantitative estimate of drug-likeness (QED) is 0.308. The molecule has 5 heteroatoms. The minimum Gasteiger partial charge on any atom is -0.280 e. The fourth-order valence-electron chi connectivity index (χ4n) is 3.61. The highest BCUT2D eigenvalue weighted by atomic mass is 35.5. The van der Waals surface area contributed by atoms with Crippen LogP contribution in [0.4, 0.5) is 5.69 Å². The number of aryl methyl sites for hydroxylation is 1. The van der Waals surface area contributed by atoms with Gasteiger partial charge in [0.2, 0.25) is 0 Å². The lowest BCUT2D eigenvalue weighted by molar-refractivity contribution is 0.601. The van der Waals surface area contributed by atoms with Crippen LogP contribution in [0.25, 0.3) is 5.03 Å². The van der Waals surface area contributed by atoms with Crippen molar-refractivity contribution in [2.75, 3.05) is 4.72 Å². The molecule has 0 saturated heterocycles. The Kier molecular flexibility index (Phi) is 6.97. The molecule has 0 unspecified atom stereocenters. The van der Waals surface area contributed by atoms with Gasteiger partial charge in [0.25, 0.3) is 10.0 Å². The zero-order valence-corrected chi connectivity index (χ0v) is 19.7. The first kappa shape index (κ1) is 22.8. The van der Waals surface area contributed by atoms with Crippen LogP contribution in [0.3, 0.4) is 0 Å². The van der Waals surface area contributed by atoms with Crippen molar-refractivity contribution < 1.29 is 8.42 Å². The molecule has 4 rings (SSSR count). The maximum Gasteiger partial charge on any atom is 0.261 e. The molecule has 3 nitrogen and oxygen atoms in total. The summed E-state index contributed by atoms with van der Waals surface area (Å²) < 4.78 is 28.2. The van der Waals surface area contributed by atoms with E-state index in [1.807, 2.05) is 55.5 Å². The van der Waals surface area contributed by atoms with Gasteiger partial charge in [0.1, 0.15) is 0 Å². The molecule has 33 heavy (non-hydrogen) atoms. The largest absolute Gasteiger partial charge is 0.280 e. The second-order valence-electron chi connectivity index (χ2n) is 7.81. The second kappa shape index (κ2) is 10.1. The zero-order chi connectivity index (χ0) is 23.3. The Labute approximate surface area is 200 Å². The van der Waals surface area contributed by atoms with Gasteiger partial charge in [0.15, 0.2) is 0 Å². The van der Waals surface area contributed by atoms with E-state index in [9.17, 15) is 8.42 Å². The van der Waals surface area contributed by atoms with Gasteiger partial charge < -0.3 is 0 Å². The fourth-order valence-corrected chi connectivity index (χ4v) is 4.90. The monoisotopic (exact) mass is 473 g/mol. The summed E-state index contributed by atoms with van der Waals surface area (Å²) in [4.78, 5) is 0.216. The number of nitrogens with one attached hydrogen (secondary N) is 1. The second-order valence-corrected chi connectivity index (χ2v) is 9.90. The third-order valence-electron chi connectivity index (χ3n) is 5.35. The molecule has 0 heterocycles. The SMILES string of the molecule is Cc1ccc(S(=O)(=O)Nc2cccc(C(Cl)=CC(c3ccccc3)c3ccccc3)c2)cc1. The number of benzene rings is 4. The molecule has 0 atom stereocenters. The number of rotatable bonds is 7. The molecule has 0 spiro atoms. The van der Waals surface area contributed by atoms with Crippen molar-refractivity contribution in [3.8, 4) is 0 Å². The van der Waals surface area contributed by atoms with Crippen LogP contribution in [-0.4, -0.2) is 8.42 Å². The summed E-state index contributed by atoms with van der Waals surface area (Å²) in [6.45, 7) is 1.92. The normalized spacial score (nSPS) is 12.0. The van der Waals surface area contributed by atoms with E-state index in [1.165, 1.54) is 0 Å². The van der Waals surface area contributed by atoms with Crippen LogP contribution < -0.4 is 4.72 Å². The molecule has 0 saturated carbocycles. The molecule has 0 fully saturated rings. The first-order valence-electron chi connectivity index (χ1n) is 10.6. The van der Waals surface area contributed by atoms with Crippen molar-refractivity contribution >= 4 is 32.3 Å². The molecule has 4 aromatic rings. The molecule has 0 aliphatic carbocycles. The summed E-state index contributed by atoms with van der Waals surface area (Å²) in [6, 6.07) is 34.2. The van der Waals surface area contributed by atoms with Crippen LogP contribution in [0.2, 0.25) is 0 Å². The molecular weight excluding hydrogens is 450 g/mol. The Bertz CT molecular complexity index is 1310. The molecule has 0 bridgehead atoms. The Morgan fingerprint density at radius 1 is 0.788 bits per heavy atom. The van der Waals surface area contributed by atoms with Crippen molar-refractivity contribution in [3.63, 3.8) is 0 Å². The van der Waals surface area contributed by atoms with Crippen LogP contribution in [0.15, 0.2) is 120 Å². The first-order valence-corrected chi connectivity index (χ1v) is 12.5. The van der Waals surface area contributed by atoms with Crippen LogP contribution in [0.5, 0.6) is 0 Å². The minimum atomic E-state index is -3.69. The summed E-state index contributed by atoms with van der Waals surface area (Å²) >= 11 is 6.76. The lowest BCUT2D eigenvalue weighted by atomic mass is 9.90. The highest BCUT2D eigenvalue weighted by Gasteiger charge is 2.16. The smallest absolute Gasteiger partial charge is 0.261 e. The number of halogens is 1. The maximum atomic E-state index is 12.8. The highest BCUT2D eigenvalue weighted by molar-refractivity contribution is 7.92. The van der Waals surface area contributed by atoms with E-state index in [0.29, 0.717) is 10.7 Å². The predicted molar refractivity (Wildman–Crippen MR) is 137 cm³/mol. The van der Waals surface area contributed by atoms with Gasteiger partial charge in [-0.1, -0.05) is 108 Å². The summed E-state index contributed by atoms with van der Waals surface area (Å²) in [7, 11) is -3.69. The van der Waals surface area contributed by atoms with Crippen molar-refractivity contribution in [1.82, 2.24) is 0 Å². The Morgan fingerprint density at radius 3 is 1.94 bits per heavy atom. The number of hydrogen-bond acceptors (Lipinski definition) is 2. The summed E-state index contributed by atoms with van der Waals surface area (Å²) in [5.74, 6) is -0.0344. The van der Waals surface area contributed by atoms with E-state index in [2.05, 4.69) is 29.0 Å². The van der Waals surface area contributed by atoms with Gasteiger partial charge in [0, 0.05) is 16.6 Å². The van der Waals surface area contributed by atoms with Crippen LogP contribution in [0, 0.1) is 6.92 Å². The predicted octanol–water partition coefficient (Wildman–Crippen LogP) is 7.21. The maximum absolute atomic E-state index is 12.8. The van der Waals surface area contributed by atoms with Crippen LogP contribution in [-0.2, 0) is 10.0 Å². The molecule has 0 radical (unpaired) electrons. The van der Waals surface area contributed by atoms with Crippen molar-refractivity contribution in [1.29, 1.82) is 0 Å². The standard InChI is InChI=1S/C28H24ClNO2S/c1-21-15-17-26(18-16-21)33(31,32)30-25-14-8-13-24(19-25)28(29)20-27(22-9-4-2-5-10-22)23-11-6-3-7-12-23/h2-20,27,30H,1H3. The Morgan fingerprint density at radius 2 is 1.36 bits per heavy atom. The molecule has 1 N–H and O–H groups in total. The van der Waals surface area contributed by atoms with Gasteiger partial charge in [0.05, 0.1) is 4.90 Å². The van der Waals surface area contributed by atoms with E-state index >= 15 is 0 Å². The van der Waals surface area contributed by atoms with Crippen LogP contribution >= 0.6 is 11.6 Å².